The number of amides is 1. The molecular formula is C12H18N4O. The van der Waals surface area contributed by atoms with E-state index in [0.29, 0.717) is 11.6 Å². The zero-order chi connectivity index (χ0) is 12.3. The van der Waals surface area contributed by atoms with Crippen LogP contribution in [0.3, 0.4) is 0 Å². The predicted octanol–water partition coefficient (Wildman–Crippen LogP) is 2.01. The van der Waals surface area contributed by atoms with Crippen molar-refractivity contribution in [1.82, 2.24) is 15.6 Å². The number of aromatic nitrogens is 2. The van der Waals surface area contributed by atoms with E-state index in [-0.39, 0.29) is 5.91 Å². The van der Waals surface area contributed by atoms with Gasteiger partial charge in [0.15, 0.2) is 5.69 Å². The molecule has 1 aromatic heterocycles. The number of aromatic amines is 1. The number of nitrogens with zero attached hydrogens (tertiary/aromatic N) is 2. The average Bonchev–Trinajstić information content (AvgIpc) is 2.73. The van der Waals surface area contributed by atoms with Crippen molar-refractivity contribution in [2.24, 2.45) is 11.0 Å². The molecule has 1 aliphatic rings. The molecule has 1 amide bonds. The van der Waals surface area contributed by atoms with E-state index in [1.165, 1.54) is 6.42 Å². The van der Waals surface area contributed by atoms with Crippen LogP contribution in [0.4, 0.5) is 0 Å². The first-order valence-electron chi connectivity index (χ1n) is 6.03. The Kier molecular flexibility index (Phi) is 3.56. The highest BCUT2D eigenvalue weighted by Gasteiger charge is 2.15. The summed E-state index contributed by atoms with van der Waals surface area (Å²) < 4.78 is 0. The second-order valence-electron chi connectivity index (χ2n) is 4.76. The van der Waals surface area contributed by atoms with Crippen molar-refractivity contribution in [2.75, 3.05) is 0 Å². The molecule has 0 aromatic carbocycles. The Bertz CT molecular complexity index is 435. The van der Waals surface area contributed by atoms with Crippen LogP contribution in [0.25, 0.3) is 0 Å². The van der Waals surface area contributed by atoms with E-state index in [4.69, 9.17) is 0 Å². The molecule has 0 spiro atoms. The standard InChI is InChI=1S/C12H18N4O/c1-8-4-3-5-10(6-8)14-16-12(17)11-7-9(2)13-15-11/h7-8H,3-6H2,1-2H3,(H,13,15)(H,16,17)/b14-10-/t8-/m0/s1. The Balaban J connectivity index is 1.93. The van der Waals surface area contributed by atoms with E-state index in [0.717, 1.165) is 30.7 Å². The van der Waals surface area contributed by atoms with Crippen molar-refractivity contribution >= 4 is 11.6 Å². The summed E-state index contributed by atoms with van der Waals surface area (Å²) in [5, 5.41) is 10.8. The molecular weight excluding hydrogens is 216 g/mol. The summed E-state index contributed by atoms with van der Waals surface area (Å²) >= 11 is 0. The maximum Gasteiger partial charge on any atom is 0.291 e. The van der Waals surface area contributed by atoms with E-state index in [2.05, 4.69) is 27.6 Å². The summed E-state index contributed by atoms with van der Waals surface area (Å²) in [5.41, 5.74) is 4.91. The molecule has 0 aliphatic heterocycles. The second-order valence-corrected chi connectivity index (χ2v) is 4.76. The molecule has 0 unspecified atom stereocenters. The normalized spacial score (nSPS) is 22.7. The van der Waals surface area contributed by atoms with Crippen LogP contribution in [0.5, 0.6) is 0 Å². The van der Waals surface area contributed by atoms with Gasteiger partial charge < -0.3 is 0 Å². The lowest BCUT2D eigenvalue weighted by atomic mass is 9.89. The number of hydrogen-bond acceptors (Lipinski definition) is 3. The second kappa shape index (κ2) is 5.12. The highest BCUT2D eigenvalue weighted by molar-refractivity contribution is 5.94. The number of hydrazone groups is 1. The van der Waals surface area contributed by atoms with Gasteiger partial charge in [-0.05, 0) is 44.6 Å². The van der Waals surface area contributed by atoms with E-state index in [1.54, 1.807) is 6.07 Å². The van der Waals surface area contributed by atoms with Crippen molar-refractivity contribution < 1.29 is 4.79 Å². The minimum atomic E-state index is -0.250. The summed E-state index contributed by atoms with van der Waals surface area (Å²) in [6, 6.07) is 1.71. The third-order valence-corrected chi connectivity index (χ3v) is 3.00. The van der Waals surface area contributed by atoms with Crippen LogP contribution in [-0.4, -0.2) is 21.8 Å². The van der Waals surface area contributed by atoms with E-state index in [1.807, 2.05) is 6.92 Å². The molecule has 2 N–H and O–H groups in total. The molecule has 1 saturated carbocycles. The van der Waals surface area contributed by atoms with Crippen molar-refractivity contribution in [3.63, 3.8) is 0 Å². The fraction of sp³-hybridized carbons (Fsp3) is 0.583. The lowest BCUT2D eigenvalue weighted by Crippen LogP contribution is -2.22. The van der Waals surface area contributed by atoms with Gasteiger partial charge in [-0.3, -0.25) is 9.89 Å². The van der Waals surface area contributed by atoms with Gasteiger partial charge in [-0.25, -0.2) is 5.43 Å². The molecule has 0 saturated heterocycles. The van der Waals surface area contributed by atoms with Crippen LogP contribution < -0.4 is 5.43 Å². The third-order valence-electron chi connectivity index (χ3n) is 3.00. The zero-order valence-electron chi connectivity index (χ0n) is 10.3. The Labute approximate surface area is 101 Å². The highest BCUT2D eigenvalue weighted by Crippen LogP contribution is 2.20. The smallest absolute Gasteiger partial charge is 0.282 e. The maximum atomic E-state index is 11.7. The van der Waals surface area contributed by atoms with Gasteiger partial charge in [-0.2, -0.15) is 10.2 Å². The fourth-order valence-electron chi connectivity index (χ4n) is 2.08. The van der Waals surface area contributed by atoms with Gasteiger partial charge in [-0.15, -0.1) is 0 Å². The van der Waals surface area contributed by atoms with Crippen LogP contribution in [0, 0.1) is 12.8 Å². The topological polar surface area (TPSA) is 70.1 Å². The largest absolute Gasteiger partial charge is 0.291 e. The van der Waals surface area contributed by atoms with Crippen LogP contribution in [0.2, 0.25) is 0 Å². The summed E-state index contributed by atoms with van der Waals surface area (Å²) in [4.78, 5) is 11.7. The summed E-state index contributed by atoms with van der Waals surface area (Å²) in [7, 11) is 0. The van der Waals surface area contributed by atoms with Gasteiger partial charge in [0, 0.05) is 11.4 Å². The molecule has 2 rings (SSSR count). The van der Waals surface area contributed by atoms with Gasteiger partial charge in [-0.1, -0.05) is 6.92 Å². The molecule has 5 nitrogen and oxygen atoms in total. The van der Waals surface area contributed by atoms with Gasteiger partial charge in [0.2, 0.25) is 0 Å². The summed E-state index contributed by atoms with van der Waals surface area (Å²) in [6.45, 7) is 4.08. The molecule has 1 fully saturated rings. The maximum absolute atomic E-state index is 11.7. The first-order chi connectivity index (χ1) is 8.15. The summed E-state index contributed by atoms with van der Waals surface area (Å²) in [5.74, 6) is 0.423. The van der Waals surface area contributed by atoms with Crippen LogP contribution in [0.15, 0.2) is 11.2 Å². The van der Waals surface area contributed by atoms with E-state index < -0.39 is 0 Å². The number of carbonyl (C=O) groups excluding carboxylic acids is 1. The first kappa shape index (κ1) is 11.8. The molecule has 1 aliphatic carbocycles. The minimum absolute atomic E-state index is 0.250. The molecule has 1 aromatic rings. The molecule has 0 radical (unpaired) electrons. The Morgan fingerprint density at radius 2 is 2.47 bits per heavy atom. The lowest BCUT2D eigenvalue weighted by Gasteiger charge is -2.18. The lowest BCUT2D eigenvalue weighted by molar-refractivity contribution is 0.0949. The predicted molar refractivity (Wildman–Crippen MR) is 65.9 cm³/mol. The number of carbonyl (C=O) groups is 1. The van der Waals surface area contributed by atoms with Crippen molar-refractivity contribution in [2.45, 2.75) is 39.5 Å². The Morgan fingerprint density at radius 3 is 3.12 bits per heavy atom. The number of aryl methyl sites for hydroxylation is 1. The molecule has 1 atom stereocenters. The minimum Gasteiger partial charge on any atom is -0.282 e. The number of nitrogens with one attached hydrogen (secondary N) is 2. The van der Waals surface area contributed by atoms with Crippen LogP contribution >= 0.6 is 0 Å². The molecule has 1 heterocycles. The molecule has 0 bridgehead atoms. The van der Waals surface area contributed by atoms with E-state index >= 15 is 0 Å². The van der Waals surface area contributed by atoms with Gasteiger partial charge in [0.05, 0.1) is 0 Å². The SMILES string of the molecule is Cc1cc(C(=O)N/N=C2/CCC[C@H](C)C2)n[nH]1. The Hall–Kier alpha value is -1.65. The fourth-order valence-corrected chi connectivity index (χ4v) is 2.08. The quantitative estimate of drug-likeness (QED) is 0.768. The van der Waals surface area contributed by atoms with Crippen molar-refractivity contribution in [3.05, 3.63) is 17.5 Å². The number of H-pyrrole nitrogens is 1. The third kappa shape index (κ3) is 3.15. The monoisotopic (exact) mass is 234 g/mol. The number of hydrogen-bond donors (Lipinski definition) is 2. The van der Waals surface area contributed by atoms with E-state index in [9.17, 15) is 4.79 Å². The molecule has 92 valence electrons. The van der Waals surface area contributed by atoms with Gasteiger partial charge >= 0.3 is 0 Å². The Morgan fingerprint density at radius 1 is 1.65 bits per heavy atom. The average molecular weight is 234 g/mol. The van der Waals surface area contributed by atoms with Gasteiger partial charge in [0.25, 0.3) is 5.91 Å². The molecule has 5 heteroatoms. The number of rotatable bonds is 2. The van der Waals surface area contributed by atoms with Crippen molar-refractivity contribution in [1.29, 1.82) is 0 Å². The summed E-state index contributed by atoms with van der Waals surface area (Å²) in [6.07, 6.45) is 4.40. The first-order valence-corrected chi connectivity index (χ1v) is 6.03. The molecule has 17 heavy (non-hydrogen) atoms. The zero-order valence-corrected chi connectivity index (χ0v) is 10.3. The van der Waals surface area contributed by atoms with Crippen LogP contribution in [-0.2, 0) is 0 Å². The van der Waals surface area contributed by atoms with Crippen LogP contribution in [0.1, 0.15) is 48.8 Å². The van der Waals surface area contributed by atoms with Gasteiger partial charge in [0.1, 0.15) is 0 Å². The van der Waals surface area contributed by atoms with Crippen molar-refractivity contribution in [3.8, 4) is 0 Å². The highest BCUT2D eigenvalue weighted by atomic mass is 16.2.